The summed E-state index contributed by atoms with van der Waals surface area (Å²) in [7, 11) is 0. The van der Waals surface area contributed by atoms with E-state index in [-0.39, 0.29) is 17.8 Å². The zero-order valence-corrected chi connectivity index (χ0v) is 20.3. The molecule has 0 fully saturated rings. The van der Waals surface area contributed by atoms with Crippen LogP contribution in [0.2, 0.25) is 0 Å². The van der Waals surface area contributed by atoms with E-state index in [2.05, 4.69) is 35.2 Å². The van der Waals surface area contributed by atoms with Gasteiger partial charge in [-0.15, -0.1) is 0 Å². The number of hydrogen-bond acceptors (Lipinski definition) is 5. The van der Waals surface area contributed by atoms with E-state index in [4.69, 9.17) is 16.0 Å². The molecular formula is C30H29N5O. The Labute approximate surface area is 211 Å². The number of hydrogen-bond donors (Lipinski definition) is 1. The van der Waals surface area contributed by atoms with Gasteiger partial charge in [0.25, 0.3) is 5.56 Å². The van der Waals surface area contributed by atoms with Crippen molar-refractivity contribution >= 4 is 0 Å². The van der Waals surface area contributed by atoms with Gasteiger partial charge in [0, 0.05) is 25.9 Å². The summed E-state index contributed by atoms with van der Waals surface area (Å²) in [6.45, 7) is 3.20. The largest absolute Gasteiger partial charge is 0.312 e. The Morgan fingerprint density at radius 1 is 0.944 bits per heavy atom. The fourth-order valence-electron chi connectivity index (χ4n) is 5.04. The quantitative estimate of drug-likeness (QED) is 0.448. The first-order valence-electron chi connectivity index (χ1n) is 12.3. The van der Waals surface area contributed by atoms with Crippen molar-refractivity contribution in [3.05, 3.63) is 135 Å². The van der Waals surface area contributed by atoms with E-state index in [9.17, 15) is 4.79 Å². The summed E-state index contributed by atoms with van der Waals surface area (Å²) >= 11 is 0. The van der Waals surface area contributed by atoms with Crippen LogP contribution in [0.4, 0.5) is 0 Å². The second-order valence-corrected chi connectivity index (χ2v) is 9.11. The van der Waals surface area contributed by atoms with Crippen LogP contribution in [0.5, 0.6) is 0 Å². The second-order valence-electron chi connectivity index (χ2n) is 9.11. The van der Waals surface area contributed by atoms with Gasteiger partial charge < -0.3 is 5.73 Å². The third-order valence-electron chi connectivity index (χ3n) is 6.94. The molecular weight excluding hydrogens is 446 g/mol. The molecule has 0 saturated carbocycles. The third kappa shape index (κ3) is 4.47. The van der Waals surface area contributed by atoms with Gasteiger partial charge in [-0.2, -0.15) is 5.26 Å². The van der Waals surface area contributed by atoms with Gasteiger partial charge in [0.1, 0.15) is 5.82 Å². The van der Waals surface area contributed by atoms with Gasteiger partial charge in [0.15, 0.2) is 0 Å². The zero-order valence-electron chi connectivity index (χ0n) is 20.3. The number of aromatic nitrogens is 2. The molecule has 2 N–H and O–H groups in total. The molecule has 0 amide bonds. The summed E-state index contributed by atoms with van der Waals surface area (Å²) in [6, 6.07) is 29.5. The van der Waals surface area contributed by atoms with Gasteiger partial charge >= 0.3 is 0 Å². The topological polar surface area (TPSA) is 87.9 Å². The first-order valence-corrected chi connectivity index (χ1v) is 12.3. The van der Waals surface area contributed by atoms with E-state index in [0.717, 1.165) is 28.2 Å². The monoisotopic (exact) mass is 475 g/mol. The molecule has 0 radical (unpaired) electrons. The summed E-state index contributed by atoms with van der Waals surface area (Å²) in [5.41, 5.74) is 11.8. The summed E-state index contributed by atoms with van der Waals surface area (Å²) < 4.78 is 1.88. The lowest BCUT2D eigenvalue weighted by Gasteiger charge is -2.34. The van der Waals surface area contributed by atoms with E-state index in [0.29, 0.717) is 37.1 Å². The van der Waals surface area contributed by atoms with Gasteiger partial charge in [0.05, 0.1) is 35.1 Å². The van der Waals surface area contributed by atoms with Crippen molar-refractivity contribution in [2.45, 2.75) is 38.5 Å². The van der Waals surface area contributed by atoms with Crippen LogP contribution in [-0.2, 0) is 19.4 Å². The Bertz CT molecular complexity index is 1400. The lowest BCUT2D eigenvalue weighted by molar-refractivity contribution is 0.179. The Balaban J connectivity index is 1.58. The van der Waals surface area contributed by atoms with Crippen molar-refractivity contribution in [1.82, 2.24) is 14.5 Å². The molecule has 1 unspecified atom stereocenters. The van der Waals surface area contributed by atoms with Crippen molar-refractivity contribution in [1.29, 1.82) is 5.26 Å². The molecule has 6 nitrogen and oxygen atoms in total. The number of nitriles is 1. The molecule has 6 heteroatoms. The first kappa shape index (κ1) is 23.7. The van der Waals surface area contributed by atoms with Crippen LogP contribution in [0.3, 0.4) is 0 Å². The number of fused-ring (bicyclic) bond motifs is 1. The molecule has 5 rings (SSSR count). The Kier molecular flexibility index (Phi) is 6.77. The van der Waals surface area contributed by atoms with E-state index >= 15 is 0 Å². The lowest BCUT2D eigenvalue weighted by atomic mass is 9.97. The molecule has 1 atom stereocenters. The molecule has 0 aliphatic carbocycles. The van der Waals surface area contributed by atoms with Gasteiger partial charge in [-0.1, -0.05) is 79.7 Å². The molecule has 0 spiro atoms. The van der Waals surface area contributed by atoms with Gasteiger partial charge in [0.2, 0.25) is 0 Å². The van der Waals surface area contributed by atoms with Crippen LogP contribution in [0.1, 0.15) is 58.5 Å². The highest BCUT2D eigenvalue weighted by molar-refractivity contribution is 5.36. The van der Waals surface area contributed by atoms with Crippen LogP contribution in [-0.4, -0.2) is 21.0 Å². The van der Waals surface area contributed by atoms with Crippen LogP contribution in [0.15, 0.2) is 89.7 Å². The summed E-state index contributed by atoms with van der Waals surface area (Å²) in [5, 5.41) is 9.10. The smallest absolute Gasteiger partial charge is 0.259 e. The number of rotatable bonds is 6. The molecule has 4 aromatic rings. The number of nitrogens with two attached hydrogens (primary N) is 1. The highest BCUT2D eigenvalue weighted by Gasteiger charge is 2.29. The Morgan fingerprint density at radius 3 is 2.11 bits per heavy atom. The SMILES string of the molecule is CCc1nc2c(c(=O)n1C(c1ccccc1)c1ccccc1)CN(C(N)c1ccc(C#N)cc1)CC2. The van der Waals surface area contributed by atoms with Crippen molar-refractivity contribution in [3.63, 3.8) is 0 Å². The molecule has 1 aliphatic rings. The molecule has 0 saturated heterocycles. The maximum Gasteiger partial charge on any atom is 0.259 e. The molecule has 1 aromatic heterocycles. The number of nitrogens with zero attached hydrogens (tertiary/aromatic N) is 4. The molecule has 2 heterocycles. The molecule has 36 heavy (non-hydrogen) atoms. The third-order valence-corrected chi connectivity index (χ3v) is 6.94. The summed E-state index contributed by atoms with van der Waals surface area (Å²) in [5.74, 6) is 0.793. The van der Waals surface area contributed by atoms with Crippen LogP contribution >= 0.6 is 0 Å². The Morgan fingerprint density at radius 2 is 1.56 bits per heavy atom. The Hall–Kier alpha value is -4.05. The first-order chi connectivity index (χ1) is 17.6. The fourth-order valence-corrected chi connectivity index (χ4v) is 5.04. The summed E-state index contributed by atoms with van der Waals surface area (Å²) in [4.78, 5) is 21.3. The molecule has 0 bridgehead atoms. The molecule has 1 aliphatic heterocycles. The number of aryl methyl sites for hydroxylation is 1. The maximum atomic E-state index is 14.2. The highest BCUT2D eigenvalue weighted by Crippen LogP contribution is 2.29. The predicted octanol–water partition coefficient (Wildman–Crippen LogP) is 4.33. The van der Waals surface area contributed by atoms with Crippen LogP contribution in [0, 0.1) is 11.3 Å². The second kappa shape index (κ2) is 10.3. The average Bonchev–Trinajstić information content (AvgIpc) is 2.95. The highest BCUT2D eigenvalue weighted by atomic mass is 16.1. The van der Waals surface area contributed by atoms with Crippen LogP contribution in [0.25, 0.3) is 0 Å². The van der Waals surface area contributed by atoms with Gasteiger partial charge in [-0.25, -0.2) is 4.98 Å². The van der Waals surface area contributed by atoms with Crippen molar-refractivity contribution in [2.24, 2.45) is 5.73 Å². The standard InChI is InChI=1S/C30H29N5O/c1-2-27-33-26-17-18-34(29(32)24-15-13-21(19-31)14-16-24)20-25(26)30(36)35(27)28(22-9-5-3-6-10-22)23-11-7-4-8-12-23/h3-16,28-29H,2,17-18,20,32H2,1H3. The lowest BCUT2D eigenvalue weighted by Crippen LogP contribution is -2.44. The minimum absolute atomic E-state index is 0.00807. The van der Waals surface area contributed by atoms with E-state index in [1.165, 1.54) is 0 Å². The van der Waals surface area contributed by atoms with Crippen molar-refractivity contribution in [2.75, 3.05) is 6.54 Å². The summed E-state index contributed by atoms with van der Waals surface area (Å²) in [6.07, 6.45) is 0.959. The van der Waals surface area contributed by atoms with E-state index in [1.807, 2.05) is 60.0 Å². The zero-order chi connectivity index (χ0) is 25.1. The van der Waals surface area contributed by atoms with Gasteiger partial charge in [-0.3, -0.25) is 14.3 Å². The van der Waals surface area contributed by atoms with Crippen molar-refractivity contribution in [3.8, 4) is 6.07 Å². The van der Waals surface area contributed by atoms with Gasteiger partial charge in [-0.05, 0) is 28.8 Å². The van der Waals surface area contributed by atoms with Crippen LogP contribution < -0.4 is 11.3 Å². The number of benzene rings is 3. The van der Waals surface area contributed by atoms with E-state index in [1.54, 1.807) is 12.1 Å². The minimum Gasteiger partial charge on any atom is -0.312 e. The predicted molar refractivity (Wildman–Crippen MR) is 140 cm³/mol. The maximum absolute atomic E-state index is 14.2. The fraction of sp³-hybridized carbons (Fsp3) is 0.233. The minimum atomic E-state index is -0.372. The average molecular weight is 476 g/mol. The van der Waals surface area contributed by atoms with E-state index < -0.39 is 0 Å². The molecule has 180 valence electrons. The normalized spacial score (nSPS) is 14.3. The van der Waals surface area contributed by atoms with Crippen molar-refractivity contribution < 1.29 is 0 Å². The molecule has 3 aromatic carbocycles.